The van der Waals surface area contributed by atoms with Crippen LogP contribution in [0.2, 0.25) is 0 Å². The van der Waals surface area contributed by atoms with Gasteiger partial charge in [-0.1, -0.05) is 0 Å². The fourth-order valence-corrected chi connectivity index (χ4v) is 1.20. The van der Waals surface area contributed by atoms with Gasteiger partial charge in [0.05, 0.1) is 11.0 Å². The summed E-state index contributed by atoms with van der Waals surface area (Å²) >= 11 is 0. The average molecular weight is 192 g/mol. The van der Waals surface area contributed by atoms with Gasteiger partial charge in [-0.3, -0.25) is 10.1 Å². The van der Waals surface area contributed by atoms with Crippen LogP contribution in [-0.4, -0.2) is 4.92 Å². The van der Waals surface area contributed by atoms with E-state index < -0.39 is 4.92 Å². The van der Waals surface area contributed by atoms with E-state index in [1.165, 1.54) is 12.1 Å². The van der Waals surface area contributed by atoms with Gasteiger partial charge >= 0.3 is 0 Å². The van der Waals surface area contributed by atoms with Crippen molar-refractivity contribution in [2.45, 2.75) is 6.61 Å². The number of rotatable bonds is 1. The van der Waals surface area contributed by atoms with Crippen molar-refractivity contribution in [3.05, 3.63) is 33.4 Å². The molecule has 0 fully saturated rings. The van der Waals surface area contributed by atoms with Gasteiger partial charge in [0.15, 0.2) is 5.75 Å². The van der Waals surface area contributed by atoms with Crippen molar-refractivity contribution in [2.24, 2.45) is 0 Å². The smallest absolute Gasteiger partial charge is 0.290 e. The minimum absolute atomic E-state index is 0.0165. The highest BCUT2D eigenvalue weighted by atomic mass is 17.2. The van der Waals surface area contributed by atoms with Crippen molar-refractivity contribution in [1.29, 1.82) is 5.26 Å². The highest BCUT2D eigenvalue weighted by Gasteiger charge is 2.22. The van der Waals surface area contributed by atoms with Gasteiger partial charge in [-0.25, -0.2) is 0 Å². The molecule has 0 aromatic heterocycles. The first-order valence-electron chi connectivity index (χ1n) is 3.73. The zero-order chi connectivity index (χ0) is 10.1. The minimum Gasteiger partial charge on any atom is -0.337 e. The van der Waals surface area contributed by atoms with E-state index in [1.807, 2.05) is 0 Å². The molecule has 14 heavy (non-hydrogen) atoms. The van der Waals surface area contributed by atoms with Crippen molar-refractivity contribution >= 4 is 5.69 Å². The van der Waals surface area contributed by atoms with Gasteiger partial charge < -0.3 is 4.89 Å². The van der Waals surface area contributed by atoms with E-state index in [9.17, 15) is 10.1 Å². The Balaban J connectivity index is 2.61. The van der Waals surface area contributed by atoms with Crippen molar-refractivity contribution in [3.63, 3.8) is 0 Å². The van der Waals surface area contributed by atoms with E-state index >= 15 is 0 Å². The second kappa shape index (κ2) is 2.97. The first-order chi connectivity index (χ1) is 6.72. The number of nitro groups is 1. The molecular formula is C8H4N2O4. The van der Waals surface area contributed by atoms with Gasteiger partial charge in [-0.05, 0) is 6.07 Å². The van der Waals surface area contributed by atoms with Crippen molar-refractivity contribution in [1.82, 2.24) is 0 Å². The molecule has 0 saturated heterocycles. The fraction of sp³-hybridized carbons (Fsp3) is 0.125. The summed E-state index contributed by atoms with van der Waals surface area (Å²) in [6.07, 6.45) is 0. The predicted octanol–water partition coefficient (Wildman–Crippen LogP) is 1.29. The lowest BCUT2D eigenvalue weighted by Gasteiger charge is -1.97. The molecule has 6 heteroatoms. The number of nitriles is 1. The third-order valence-corrected chi connectivity index (χ3v) is 1.86. The Hall–Kier alpha value is -2.13. The lowest BCUT2D eigenvalue weighted by Crippen LogP contribution is -1.93. The number of hydrogen-bond acceptors (Lipinski definition) is 5. The van der Waals surface area contributed by atoms with Gasteiger partial charge in [0.1, 0.15) is 18.2 Å². The quantitative estimate of drug-likeness (QED) is 0.380. The molecule has 1 heterocycles. The van der Waals surface area contributed by atoms with E-state index in [0.29, 0.717) is 11.3 Å². The molecule has 0 radical (unpaired) electrons. The monoisotopic (exact) mass is 192 g/mol. The zero-order valence-corrected chi connectivity index (χ0v) is 6.89. The minimum atomic E-state index is -0.624. The number of nitrogens with zero attached hydrogens (tertiary/aromatic N) is 2. The maximum absolute atomic E-state index is 10.5. The first-order valence-corrected chi connectivity index (χ1v) is 3.73. The Labute approximate surface area is 78.4 Å². The van der Waals surface area contributed by atoms with Crippen LogP contribution in [0.25, 0.3) is 0 Å². The van der Waals surface area contributed by atoms with E-state index in [-0.39, 0.29) is 17.9 Å². The highest BCUT2D eigenvalue weighted by Crippen LogP contribution is 2.32. The molecule has 1 aliphatic rings. The number of benzene rings is 1. The number of hydrogen-bond donors (Lipinski definition) is 0. The van der Waals surface area contributed by atoms with Crippen molar-refractivity contribution in [3.8, 4) is 11.8 Å². The van der Waals surface area contributed by atoms with Gasteiger partial charge in [-0.15, -0.1) is 0 Å². The standard InChI is InChI=1S/C8H4N2O4/c9-3-5-1-6-4-13-14-8(6)2-7(5)10(11)12/h1-2H,4H2. The first kappa shape index (κ1) is 8.47. The Morgan fingerprint density at radius 3 is 3.00 bits per heavy atom. The molecule has 0 N–H and O–H groups in total. The molecule has 1 aliphatic heterocycles. The zero-order valence-electron chi connectivity index (χ0n) is 6.89. The third-order valence-electron chi connectivity index (χ3n) is 1.86. The summed E-state index contributed by atoms with van der Waals surface area (Å²) in [5.74, 6) is 0.302. The average Bonchev–Trinajstić information content (AvgIpc) is 2.62. The predicted molar refractivity (Wildman–Crippen MR) is 43.2 cm³/mol. The maximum Gasteiger partial charge on any atom is 0.290 e. The Morgan fingerprint density at radius 2 is 2.36 bits per heavy atom. The number of fused-ring (bicyclic) bond motifs is 1. The second-order valence-corrected chi connectivity index (χ2v) is 2.69. The molecule has 0 aliphatic carbocycles. The summed E-state index contributed by atoms with van der Waals surface area (Å²) in [4.78, 5) is 19.2. The van der Waals surface area contributed by atoms with Crippen LogP contribution in [0.15, 0.2) is 12.1 Å². The summed E-state index contributed by atoms with van der Waals surface area (Å²) in [6, 6.07) is 4.35. The normalized spacial score (nSPS) is 12.8. The lowest BCUT2D eigenvalue weighted by atomic mass is 10.1. The van der Waals surface area contributed by atoms with Crippen LogP contribution in [0.5, 0.6) is 5.75 Å². The largest absolute Gasteiger partial charge is 0.337 e. The molecular weight excluding hydrogens is 188 g/mol. The highest BCUT2D eigenvalue weighted by molar-refractivity contribution is 5.56. The van der Waals surface area contributed by atoms with Gasteiger partial charge in [0.2, 0.25) is 0 Å². The fourth-order valence-electron chi connectivity index (χ4n) is 1.20. The van der Waals surface area contributed by atoms with Crippen LogP contribution in [-0.2, 0) is 11.5 Å². The Kier molecular flexibility index (Phi) is 1.80. The van der Waals surface area contributed by atoms with Crippen molar-refractivity contribution < 1.29 is 14.7 Å². The SMILES string of the molecule is N#Cc1cc2c(cc1[N+](=O)[O-])OOC2. The van der Waals surface area contributed by atoms with Crippen LogP contribution in [0.3, 0.4) is 0 Å². The van der Waals surface area contributed by atoms with E-state index in [1.54, 1.807) is 6.07 Å². The second-order valence-electron chi connectivity index (χ2n) is 2.69. The van der Waals surface area contributed by atoms with E-state index in [4.69, 9.17) is 5.26 Å². The van der Waals surface area contributed by atoms with Gasteiger partial charge in [0, 0.05) is 5.56 Å². The molecule has 0 unspecified atom stereocenters. The van der Waals surface area contributed by atoms with Crippen LogP contribution < -0.4 is 4.89 Å². The van der Waals surface area contributed by atoms with E-state index in [0.717, 1.165) is 0 Å². The lowest BCUT2D eigenvalue weighted by molar-refractivity contribution is -0.385. The molecule has 1 aromatic carbocycles. The third kappa shape index (κ3) is 1.16. The van der Waals surface area contributed by atoms with E-state index in [2.05, 4.69) is 9.78 Å². The van der Waals surface area contributed by atoms with Crippen LogP contribution >= 0.6 is 0 Å². The van der Waals surface area contributed by atoms with Gasteiger partial charge in [0.25, 0.3) is 5.69 Å². The molecule has 0 saturated carbocycles. The maximum atomic E-state index is 10.5. The molecule has 2 rings (SSSR count). The summed E-state index contributed by atoms with van der Waals surface area (Å²) < 4.78 is 0. The molecule has 0 atom stereocenters. The molecule has 1 aromatic rings. The summed E-state index contributed by atoms with van der Waals surface area (Å²) in [5.41, 5.74) is 0.395. The Bertz CT molecular complexity index is 449. The van der Waals surface area contributed by atoms with Crippen LogP contribution in [0.1, 0.15) is 11.1 Å². The van der Waals surface area contributed by atoms with Gasteiger partial charge in [-0.2, -0.15) is 10.1 Å². The Morgan fingerprint density at radius 1 is 1.57 bits per heavy atom. The van der Waals surface area contributed by atoms with Crippen LogP contribution in [0, 0.1) is 21.4 Å². The molecule has 6 nitrogen and oxygen atoms in total. The summed E-state index contributed by atoms with van der Waals surface area (Å²) in [6.45, 7) is 0.210. The molecule has 0 amide bonds. The molecule has 0 spiro atoms. The summed E-state index contributed by atoms with van der Waals surface area (Å²) in [5, 5.41) is 19.2. The molecule has 0 bridgehead atoms. The number of nitro benzene ring substituents is 1. The molecule has 70 valence electrons. The van der Waals surface area contributed by atoms with Crippen LogP contribution in [0.4, 0.5) is 5.69 Å². The summed E-state index contributed by atoms with van der Waals surface area (Å²) in [7, 11) is 0. The topological polar surface area (TPSA) is 85.4 Å². The van der Waals surface area contributed by atoms with Crippen molar-refractivity contribution in [2.75, 3.05) is 0 Å².